The highest BCUT2D eigenvalue weighted by molar-refractivity contribution is 5.96. The smallest absolute Gasteiger partial charge is 0.158 e. The summed E-state index contributed by atoms with van der Waals surface area (Å²) in [6.07, 6.45) is 0. The molecule has 4 aromatic rings. The number of fused-ring (bicyclic) bond motifs is 10. The van der Waals surface area contributed by atoms with Gasteiger partial charge in [0.1, 0.15) is 0 Å². The predicted octanol–water partition coefficient (Wildman–Crippen LogP) is 4.85. The molecular formula is C25H16O4. The Bertz CT molecular complexity index is 1250. The zero-order chi connectivity index (χ0) is 19.9. The van der Waals surface area contributed by atoms with Crippen LogP contribution in [-0.4, -0.2) is 20.4 Å². The maximum Gasteiger partial charge on any atom is 0.158 e. The van der Waals surface area contributed by atoms with Crippen LogP contribution in [0.25, 0.3) is 22.3 Å². The lowest BCUT2D eigenvalue weighted by Crippen LogP contribution is -2.25. The molecule has 0 fully saturated rings. The molecule has 0 amide bonds. The van der Waals surface area contributed by atoms with Crippen molar-refractivity contribution in [2.75, 3.05) is 0 Å². The molecule has 2 aliphatic rings. The molecule has 4 heteroatoms. The van der Waals surface area contributed by atoms with Gasteiger partial charge in [0, 0.05) is 0 Å². The largest absolute Gasteiger partial charge is 0.504 e. The molecule has 0 bridgehead atoms. The van der Waals surface area contributed by atoms with Crippen LogP contribution in [0.4, 0.5) is 0 Å². The lowest BCUT2D eigenvalue weighted by Gasteiger charge is -2.30. The van der Waals surface area contributed by atoms with Crippen molar-refractivity contribution in [3.63, 3.8) is 0 Å². The number of hydrogen-bond donors (Lipinski definition) is 4. The quantitative estimate of drug-likeness (QED) is 0.284. The van der Waals surface area contributed by atoms with E-state index in [4.69, 9.17) is 0 Å². The highest BCUT2D eigenvalue weighted by atomic mass is 16.3. The van der Waals surface area contributed by atoms with Gasteiger partial charge in [0.2, 0.25) is 0 Å². The Labute approximate surface area is 166 Å². The Morgan fingerprint density at radius 3 is 1.24 bits per heavy atom. The number of phenols is 4. The van der Waals surface area contributed by atoms with E-state index in [-0.39, 0.29) is 23.0 Å². The lowest BCUT2D eigenvalue weighted by molar-refractivity contribution is 0.402. The van der Waals surface area contributed by atoms with Crippen LogP contribution in [0, 0.1) is 0 Å². The predicted molar refractivity (Wildman–Crippen MR) is 109 cm³/mol. The third kappa shape index (κ3) is 1.74. The number of phenolic OH excluding ortho intramolecular Hbond substituents is 4. The van der Waals surface area contributed by atoms with Gasteiger partial charge in [-0.2, -0.15) is 0 Å². The average Bonchev–Trinajstić information content (AvgIpc) is 3.16. The molecule has 4 N–H and O–H groups in total. The fourth-order valence-electron chi connectivity index (χ4n) is 5.18. The van der Waals surface area contributed by atoms with Crippen molar-refractivity contribution >= 4 is 0 Å². The second-order valence-corrected chi connectivity index (χ2v) is 7.61. The third-order valence-corrected chi connectivity index (χ3v) is 6.28. The van der Waals surface area contributed by atoms with Crippen molar-refractivity contribution in [3.8, 4) is 45.3 Å². The second-order valence-electron chi connectivity index (χ2n) is 7.61. The van der Waals surface area contributed by atoms with Gasteiger partial charge in [0.05, 0.1) is 5.41 Å². The molecule has 2 aliphatic carbocycles. The Morgan fingerprint density at radius 2 is 0.793 bits per heavy atom. The number of benzene rings is 4. The van der Waals surface area contributed by atoms with Crippen LogP contribution in [-0.2, 0) is 5.41 Å². The van der Waals surface area contributed by atoms with E-state index < -0.39 is 5.41 Å². The van der Waals surface area contributed by atoms with Gasteiger partial charge in [-0.3, -0.25) is 0 Å². The standard InChI is InChI=1S/C25H16O4/c26-21-9-15-13-5-1-3-7-17(13)25(19(15)11-23(21)28)18-8-4-2-6-14(18)16-10-22(27)24(29)12-20(16)25/h1-12,26-29H. The van der Waals surface area contributed by atoms with Crippen LogP contribution in [0.15, 0.2) is 72.8 Å². The van der Waals surface area contributed by atoms with Gasteiger partial charge in [-0.15, -0.1) is 0 Å². The van der Waals surface area contributed by atoms with Crippen molar-refractivity contribution in [2.45, 2.75) is 5.41 Å². The van der Waals surface area contributed by atoms with Gasteiger partial charge >= 0.3 is 0 Å². The van der Waals surface area contributed by atoms with E-state index in [0.717, 1.165) is 44.5 Å². The van der Waals surface area contributed by atoms with Crippen LogP contribution in [0.1, 0.15) is 22.3 Å². The van der Waals surface area contributed by atoms with Crippen LogP contribution in [0.5, 0.6) is 23.0 Å². The van der Waals surface area contributed by atoms with Crippen LogP contribution in [0.2, 0.25) is 0 Å². The lowest BCUT2D eigenvalue weighted by atomic mass is 9.70. The first-order valence-electron chi connectivity index (χ1n) is 9.36. The Hall–Kier alpha value is -3.92. The molecule has 4 aromatic carbocycles. The summed E-state index contributed by atoms with van der Waals surface area (Å²) in [4.78, 5) is 0. The minimum atomic E-state index is -0.756. The summed E-state index contributed by atoms with van der Waals surface area (Å²) in [7, 11) is 0. The van der Waals surface area contributed by atoms with Gasteiger partial charge in [-0.1, -0.05) is 48.5 Å². The van der Waals surface area contributed by atoms with Crippen molar-refractivity contribution < 1.29 is 20.4 Å². The normalized spacial score (nSPS) is 14.3. The first kappa shape index (κ1) is 16.1. The van der Waals surface area contributed by atoms with Crippen LogP contribution < -0.4 is 0 Å². The molecule has 1 spiro atoms. The molecule has 29 heavy (non-hydrogen) atoms. The molecule has 0 heterocycles. The average molecular weight is 380 g/mol. The first-order chi connectivity index (χ1) is 14.0. The highest BCUT2D eigenvalue weighted by Crippen LogP contribution is 2.64. The summed E-state index contributed by atoms with van der Waals surface area (Å²) in [6, 6.07) is 22.3. The molecule has 140 valence electrons. The SMILES string of the molecule is Oc1cc2c(cc1O)C1(c3ccccc3-2)c2ccccc2-c2cc(O)c(O)cc21. The summed E-state index contributed by atoms with van der Waals surface area (Å²) >= 11 is 0. The minimum absolute atomic E-state index is 0.171. The van der Waals surface area contributed by atoms with E-state index in [1.165, 1.54) is 0 Å². The number of aromatic hydroxyl groups is 4. The molecule has 0 radical (unpaired) electrons. The van der Waals surface area contributed by atoms with Gasteiger partial charge in [-0.05, 0) is 68.8 Å². The zero-order valence-electron chi connectivity index (χ0n) is 15.2. The Morgan fingerprint density at radius 1 is 0.414 bits per heavy atom. The topological polar surface area (TPSA) is 80.9 Å². The third-order valence-electron chi connectivity index (χ3n) is 6.28. The van der Waals surface area contributed by atoms with Crippen molar-refractivity contribution in [1.29, 1.82) is 0 Å². The highest BCUT2D eigenvalue weighted by Gasteiger charge is 2.52. The summed E-state index contributed by atoms with van der Waals surface area (Å²) in [5.41, 5.74) is 6.55. The summed E-state index contributed by atoms with van der Waals surface area (Å²) in [5.74, 6) is -0.721. The van der Waals surface area contributed by atoms with E-state index in [1.807, 2.05) is 48.5 Å². The second kappa shape index (κ2) is 5.11. The van der Waals surface area contributed by atoms with Gasteiger partial charge in [-0.25, -0.2) is 0 Å². The fraction of sp³-hybridized carbons (Fsp3) is 0.0400. The maximum absolute atomic E-state index is 10.4. The van der Waals surface area contributed by atoms with Crippen molar-refractivity contribution in [1.82, 2.24) is 0 Å². The molecule has 0 aliphatic heterocycles. The van der Waals surface area contributed by atoms with Crippen LogP contribution >= 0.6 is 0 Å². The number of rotatable bonds is 0. The molecule has 4 nitrogen and oxygen atoms in total. The Balaban J connectivity index is 1.87. The monoisotopic (exact) mass is 380 g/mol. The summed E-state index contributed by atoms with van der Waals surface area (Å²) in [5, 5.41) is 41.1. The van der Waals surface area contributed by atoms with E-state index >= 15 is 0 Å². The fourth-order valence-corrected chi connectivity index (χ4v) is 5.18. The Kier molecular flexibility index (Phi) is 2.83. The summed E-state index contributed by atoms with van der Waals surface area (Å²) < 4.78 is 0. The molecule has 6 rings (SSSR count). The summed E-state index contributed by atoms with van der Waals surface area (Å²) in [6.45, 7) is 0. The van der Waals surface area contributed by atoms with E-state index in [1.54, 1.807) is 24.3 Å². The number of hydrogen-bond acceptors (Lipinski definition) is 4. The van der Waals surface area contributed by atoms with Gasteiger partial charge in [0.25, 0.3) is 0 Å². The van der Waals surface area contributed by atoms with E-state index in [9.17, 15) is 20.4 Å². The molecule has 0 aromatic heterocycles. The molecule has 0 unspecified atom stereocenters. The van der Waals surface area contributed by atoms with Crippen LogP contribution in [0.3, 0.4) is 0 Å². The van der Waals surface area contributed by atoms with Crippen molar-refractivity contribution in [3.05, 3.63) is 95.1 Å². The van der Waals surface area contributed by atoms with E-state index in [0.29, 0.717) is 0 Å². The maximum atomic E-state index is 10.4. The molecule has 0 atom stereocenters. The zero-order valence-corrected chi connectivity index (χ0v) is 15.2. The first-order valence-corrected chi connectivity index (χ1v) is 9.36. The minimum Gasteiger partial charge on any atom is -0.504 e. The van der Waals surface area contributed by atoms with Gasteiger partial charge < -0.3 is 20.4 Å². The van der Waals surface area contributed by atoms with E-state index in [2.05, 4.69) is 0 Å². The van der Waals surface area contributed by atoms with Crippen molar-refractivity contribution in [2.24, 2.45) is 0 Å². The molecule has 0 saturated heterocycles. The molecule has 0 saturated carbocycles. The van der Waals surface area contributed by atoms with Gasteiger partial charge in [0.15, 0.2) is 23.0 Å². The molecular weight excluding hydrogens is 364 g/mol.